The first-order chi connectivity index (χ1) is 8.42. The van der Waals surface area contributed by atoms with E-state index < -0.39 is 0 Å². The minimum Gasteiger partial charge on any atom is -0.481 e. The number of methoxy groups -OCH3 is 1. The van der Waals surface area contributed by atoms with E-state index in [1.165, 1.54) is 0 Å². The maximum atomic E-state index is 12.0. The van der Waals surface area contributed by atoms with Gasteiger partial charge in [-0.1, -0.05) is 0 Å². The van der Waals surface area contributed by atoms with Crippen molar-refractivity contribution in [3.63, 3.8) is 0 Å². The van der Waals surface area contributed by atoms with Gasteiger partial charge >= 0.3 is 0 Å². The Bertz CT molecular complexity index is 426. The van der Waals surface area contributed by atoms with Crippen LogP contribution in [0.1, 0.15) is 11.3 Å². The molecule has 0 saturated carbocycles. The van der Waals surface area contributed by atoms with Gasteiger partial charge in [0.2, 0.25) is 11.8 Å². The number of aryl methyl sites for hydroxylation is 2. The number of hydrogen-bond acceptors (Lipinski definition) is 4. The molecule has 1 rings (SSSR count). The van der Waals surface area contributed by atoms with Gasteiger partial charge in [-0.2, -0.15) is 5.10 Å². The molecule has 6 nitrogen and oxygen atoms in total. The van der Waals surface area contributed by atoms with E-state index >= 15 is 0 Å². The molecule has 1 aromatic rings. The molecule has 0 saturated heterocycles. The summed E-state index contributed by atoms with van der Waals surface area (Å²) >= 11 is 0. The average molecular weight is 254 g/mol. The van der Waals surface area contributed by atoms with Crippen LogP contribution in [0.25, 0.3) is 0 Å². The van der Waals surface area contributed by atoms with Gasteiger partial charge in [-0.25, -0.2) is 4.68 Å². The molecule has 1 unspecified atom stereocenters. The fourth-order valence-corrected chi connectivity index (χ4v) is 2.05. The van der Waals surface area contributed by atoms with E-state index in [-0.39, 0.29) is 11.8 Å². The standard InChI is InChI=1S/C12H22N4O2/c1-8-10(12(18-5)16(4)14-8)6-9(7-13)11(17)15(2)3/h9H,6-7,13H2,1-5H3. The SMILES string of the molecule is COc1c(CC(CN)C(=O)N(C)C)c(C)nn1C. The molecule has 102 valence electrons. The topological polar surface area (TPSA) is 73.4 Å². The Morgan fingerprint density at radius 1 is 1.56 bits per heavy atom. The molecule has 1 amide bonds. The molecular weight excluding hydrogens is 232 g/mol. The lowest BCUT2D eigenvalue weighted by Gasteiger charge is -2.19. The molecule has 0 aliphatic heterocycles. The first-order valence-electron chi connectivity index (χ1n) is 5.90. The van der Waals surface area contributed by atoms with Crippen molar-refractivity contribution in [2.75, 3.05) is 27.7 Å². The number of carbonyl (C=O) groups is 1. The zero-order valence-electron chi connectivity index (χ0n) is 11.7. The van der Waals surface area contributed by atoms with Gasteiger partial charge in [0.05, 0.1) is 18.7 Å². The van der Waals surface area contributed by atoms with Gasteiger partial charge < -0.3 is 15.4 Å². The van der Waals surface area contributed by atoms with Crippen molar-refractivity contribution < 1.29 is 9.53 Å². The number of ether oxygens (including phenoxy) is 1. The molecule has 0 fully saturated rings. The van der Waals surface area contributed by atoms with Gasteiger partial charge in [-0.15, -0.1) is 0 Å². The summed E-state index contributed by atoms with van der Waals surface area (Å²) < 4.78 is 7.00. The molecule has 0 aliphatic rings. The number of nitrogens with two attached hydrogens (primary N) is 1. The maximum absolute atomic E-state index is 12.0. The summed E-state index contributed by atoms with van der Waals surface area (Å²) in [5, 5.41) is 4.30. The molecule has 0 spiro atoms. The zero-order chi connectivity index (χ0) is 13.9. The monoisotopic (exact) mass is 254 g/mol. The van der Waals surface area contributed by atoms with Crippen LogP contribution < -0.4 is 10.5 Å². The molecule has 6 heteroatoms. The summed E-state index contributed by atoms with van der Waals surface area (Å²) in [6.07, 6.45) is 0.552. The second-order valence-corrected chi connectivity index (χ2v) is 4.57. The molecule has 1 aromatic heterocycles. The highest BCUT2D eigenvalue weighted by molar-refractivity contribution is 5.79. The molecule has 18 heavy (non-hydrogen) atoms. The second kappa shape index (κ2) is 5.86. The minimum absolute atomic E-state index is 0.0304. The quantitative estimate of drug-likeness (QED) is 0.799. The van der Waals surface area contributed by atoms with Gasteiger partial charge in [0, 0.05) is 33.3 Å². The Labute approximate surface area is 108 Å². The van der Waals surface area contributed by atoms with Gasteiger partial charge in [0.15, 0.2) is 0 Å². The highest BCUT2D eigenvalue weighted by atomic mass is 16.5. The molecule has 0 aromatic carbocycles. The highest BCUT2D eigenvalue weighted by Crippen LogP contribution is 2.24. The second-order valence-electron chi connectivity index (χ2n) is 4.57. The number of hydrogen-bond donors (Lipinski definition) is 1. The largest absolute Gasteiger partial charge is 0.481 e. The van der Waals surface area contributed by atoms with Crippen LogP contribution in [-0.4, -0.2) is 48.3 Å². The Kier molecular flexibility index (Phi) is 4.72. The van der Waals surface area contributed by atoms with Crippen LogP contribution in [0.15, 0.2) is 0 Å². The van der Waals surface area contributed by atoms with Crippen molar-refractivity contribution in [2.45, 2.75) is 13.3 Å². The van der Waals surface area contributed by atoms with Gasteiger partial charge in [-0.3, -0.25) is 4.79 Å². The van der Waals surface area contributed by atoms with Crippen LogP contribution >= 0.6 is 0 Å². The Hall–Kier alpha value is -1.56. The van der Waals surface area contributed by atoms with Crippen molar-refractivity contribution in [3.05, 3.63) is 11.3 Å². The molecule has 0 radical (unpaired) electrons. The van der Waals surface area contributed by atoms with Crippen LogP contribution in [0.2, 0.25) is 0 Å². The number of aromatic nitrogens is 2. The van der Waals surface area contributed by atoms with Crippen molar-refractivity contribution in [1.29, 1.82) is 0 Å². The van der Waals surface area contributed by atoms with E-state index in [9.17, 15) is 4.79 Å². The van der Waals surface area contributed by atoms with E-state index in [4.69, 9.17) is 10.5 Å². The number of rotatable bonds is 5. The smallest absolute Gasteiger partial charge is 0.226 e. The third-order valence-electron chi connectivity index (χ3n) is 3.01. The van der Waals surface area contributed by atoms with Crippen molar-refractivity contribution in [2.24, 2.45) is 18.7 Å². The molecule has 1 heterocycles. The number of amides is 1. The average Bonchev–Trinajstić information content (AvgIpc) is 2.59. The first kappa shape index (κ1) is 14.5. The molecule has 1 atom stereocenters. The predicted octanol–water partition coefficient (Wildman–Crippen LogP) is -0.0573. The van der Waals surface area contributed by atoms with Gasteiger partial charge in [0.25, 0.3) is 0 Å². The lowest BCUT2D eigenvalue weighted by molar-refractivity contribution is -0.132. The van der Waals surface area contributed by atoms with Gasteiger partial charge in [-0.05, 0) is 13.3 Å². The van der Waals surface area contributed by atoms with E-state index in [1.807, 2.05) is 14.0 Å². The lowest BCUT2D eigenvalue weighted by atomic mass is 9.98. The van der Waals surface area contributed by atoms with E-state index in [2.05, 4.69) is 5.10 Å². The summed E-state index contributed by atoms with van der Waals surface area (Å²) in [7, 11) is 6.89. The number of carbonyl (C=O) groups excluding carboxylic acids is 1. The van der Waals surface area contributed by atoms with Crippen LogP contribution in [0.4, 0.5) is 0 Å². The number of nitrogens with zero attached hydrogens (tertiary/aromatic N) is 3. The van der Waals surface area contributed by atoms with Gasteiger partial charge in [0.1, 0.15) is 0 Å². The van der Waals surface area contributed by atoms with Crippen molar-refractivity contribution in [1.82, 2.24) is 14.7 Å². The van der Waals surface area contributed by atoms with E-state index in [1.54, 1.807) is 30.8 Å². The summed E-state index contributed by atoms with van der Waals surface area (Å²) in [5.74, 6) is 0.483. The van der Waals surface area contributed by atoms with Crippen LogP contribution in [-0.2, 0) is 18.3 Å². The van der Waals surface area contributed by atoms with E-state index in [0.717, 1.165) is 11.3 Å². The van der Waals surface area contributed by atoms with Crippen LogP contribution in [0, 0.1) is 12.8 Å². The first-order valence-corrected chi connectivity index (χ1v) is 5.90. The van der Waals surface area contributed by atoms with Crippen molar-refractivity contribution >= 4 is 5.91 Å². The molecule has 2 N–H and O–H groups in total. The third-order valence-corrected chi connectivity index (χ3v) is 3.01. The van der Waals surface area contributed by atoms with E-state index in [0.29, 0.717) is 18.8 Å². The predicted molar refractivity (Wildman–Crippen MR) is 69.4 cm³/mol. The normalized spacial score (nSPS) is 12.3. The minimum atomic E-state index is -0.239. The third kappa shape index (κ3) is 2.81. The summed E-state index contributed by atoms with van der Waals surface area (Å²) in [5.41, 5.74) is 7.52. The van der Waals surface area contributed by atoms with Crippen LogP contribution in [0.5, 0.6) is 5.88 Å². The molecule has 0 bridgehead atoms. The lowest BCUT2D eigenvalue weighted by Crippen LogP contribution is -2.35. The van der Waals surface area contributed by atoms with Crippen molar-refractivity contribution in [3.8, 4) is 5.88 Å². The maximum Gasteiger partial charge on any atom is 0.226 e. The Morgan fingerprint density at radius 3 is 2.61 bits per heavy atom. The highest BCUT2D eigenvalue weighted by Gasteiger charge is 2.24. The summed E-state index contributed by atoms with van der Waals surface area (Å²) in [6, 6.07) is 0. The fourth-order valence-electron chi connectivity index (χ4n) is 2.05. The Balaban J connectivity index is 2.98. The zero-order valence-corrected chi connectivity index (χ0v) is 11.7. The fraction of sp³-hybridized carbons (Fsp3) is 0.667. The Morgan fingerprint density at radius 2 is 2.17 bits per heavy atom. The summed E-state index contributed by atoms with van der Waals surface area (Å²) in [4.78, 5) is 13.5. The summed E-state index contributed by atoms with van der Waals surface area (Å²) in [6.45, 7) is 2.22. The molecular formula is C12H22N4O2. The molecule has 0 aliphatic carbocycles. The van der Waals surface area contributed by atoms with Crippen LogP contribution in [0.3, 0.4) is 0 Å².